The van der Waals surface area contributed by atoms with Gasteiger partial charge in [-0.15, -0.1) is 0 Å². The van der Waals surface area contributed by atoms with Gasteiger partial charge in [0.15, 0.2) is 0 Å². The van der Waals surface area contributed by atoms with E-state index in [0.29, 0.717) is 11.1 Å². The Labute approximate surface area is 165 Å². The van der Waals surface area contributed by atoms with E-state index >= 15 is 0 Å². The summed E-state index contributed by atoms with van der Waals surface area (Å²) < 4.78 is 14.3. The summed E-state index contributed by atoms with van der Waals surface area (Å²) in [5.41, 5.74) is 0.501. The fourth-order valence-electron chi connectivity index (χ4n) is 1.68. The minimum atomic E-state index is -0.809. The monoisotopic (exact) mass is 392 g/mol. The number of nitrogens with zero attached hydrogens (tertiary/aromatic N) is 1. The predicted octanol–water partition coefficient (Wildman–Crippen LogP) is 4.10. The van der Waals surface area contributed by atoms with E-state index in [0.717, 1.165) is 5.56 Å². The molecule has 154 valence electrons. The van der Waals surface area contributed by atoms with Crippen molar-refractivity contribution in [2.24, 2.45) is 0 Å². The number of carbonyl (C=O) groups excluding carboxylic acids is 3. The molecule has 0 aliphatic rings. The van der Waals surface area contributed by atoms with Crippen molar-refractivity contribution in [1.29, 1.82) is 5.26 Å². The molecule has 28 heavy (non-hydrogen) atoms. The quantitative estimate of drug-likeness (QED) is 0.565. The molecule has 0 bridgehead atoms. The van der Waals surface area contributed by atoms with Gasteiger partial charge in [0, 0.05) is 0 Å². The second-order valence-corrected chi connectivity index (χ2v) is 7.76. The number of carbonyl (C=O) groups is 3. The molecule has 1 aromatic carbocycles. The normalized spacial score (nSPS) is 10.5. The molecule has 0 fully saturated rings. The molecule has 2 amide bonds. The number of rotatable bonds is 1. The maximum Gasteiger partial charge on any atom is 0.417 e. The molecule has 0 saturated heterocycles. The number of nitrogens with one attached hydrogen (secondary N) is 1. The van der Waals surface area contributed by atoms with Crippen LogP contribution >= 0.6 is 0 Å². The van der Waals surface area contributed by atoms with Crippen LogP contribution in [0.4, 0.5) is 9.59 Å². The predicted molar refractivity (Wildman–Crippen MR) is 103 cm³/mol. The van der Waals surface area contributed by atoms with E-state index in [4.69, 9.17) is 14.7 Å². The Hall–Kier alpha value is -3.08. The number of hydrogen-bond donors (Lipinski definition) is 1. The Morgan fingerprint density at radius 2 is 1.43 bits per heavy atom. The summed E-state index contributed by atoms with van der Waals surface area (Å²) in [4.78, 5) is 33.3. The van der Waals surface area contributed by atoms with Crippen LogP contribution in [-0.2, 0) is 14.2 Å². The molecular weight excluding hydrogens is 364 g/mol. The zero-order valence-electron chi connectivity index (χ0n) is 17.6. The highest BCUT2D eigenvalue weighted by molar-refractivity contribution is 5.89. The summed E-state index contributed by atoms with van der Waals surface area (Å²) in [6, 6.07) is 6.90. The summed E-state index contributed by atoms with van der Waals surface area (Å²) in [6.45, 7) is 12.1. The number of amides is 2. The number of alkyl carbamates (subject to hydrolysis) is 2. The molecule has 0 radical (unpaired) electrons. The molecule has 0 unspecified atom stereocenters. The summed E-state index contributed by atoms with van der Waals surface area (Å²) in [6.07, 6.45) is -1.62. The van der Waals surface area contributed by atoms with E-state index in [1.54, 1.807) is 53.7 Å². The number of esters is 1. The number of benzene rings is 1. The van der Waals surface area contributed by atoms with Crippen molar-refractivity contribution in [1.82, 2.24) is 5.32 Å². The van der Waals surface area contributed by atoms with E-state index in [9.17, 15) is 14.4 Å². The molecule has 0 spiro atoms. The molecule has 1 rings (SSSR count). The largest absolute Gasteiger partial charge is 0.465 e. The Kier molecular flexibility index (Phi) is 9.17. The lowest BCUT2D eigenvalue weighted by molar-refractivity contribution is 0.0352. The molecule has 0 aromatic heterocycles. The number of nitriles is 1. The Balaban J connectivity index is 0.000000525. The van der Waals surface area contributed by atoms with Gasteiger partial charge in [0.25, 0.3) is 0 Å². The van der Waals surface area contributed by atoms with Crippen molar-refractivity contribution >= 4 is 18.2 Å². The molecule has 0 aliphatic heterocycles. The second kappa shape index (κ2) is 10.3. The maximum absolute atomic E-state index is 11.1. The van der Waals surface area contributed by atoms with Gasteiger partial charge < -0.3 is 14.2 Å². The van der Waals surface area contributed by atoms with E-state index in [1.807, 2.05) is 18.3 Å². The van der Waals surface area contributed by atoms with Gasteiger partial charge >= 0.3 is 18.2 Å². The van der Waals surface area contributed by atoms with Gasteiger partial charge in [0.2, 0.25) is 0 Å². The fraction of sp³-hybridized carbons (Fsp3) is 0.500. The minimum Gasteiger partial charge on any atom is -0.465 e. The highest BCUT2D eigenvalue weighted by atomic mass is 16.6. The zero-order chi connectivity index (χ0) is 22.1. The van der Waals surface area contributed by atoms with Gasteiger partial charge in [-0.05, 0) is 66.2 Å². The Bertz CT molecular complexity index is 725. The molecule has 0 atom stereocenters. The first-order valence-corrected chi connectivity index (χ1v) is 8.50. The highest BCUT2D eigenvalue weighted by Gasteiger charge is 2.21. The van der Waals surface area contributed by atoms with Crippen molar-refractivity contribution in [3.05, 3.63) is 34.9 Å². The van der Waals surface area contributed by atoms with E-state index < -0.39 is 29.4 Å². The van der Waals surface area contributed by atoms with Gasteiger partial charge in [0.1, 0.15) is 11.2 Å². The molecule has 1 N–H and O–H groups in total. The standard InChI is InChI=1S/C10H19NO4.C10H9NO2/c1-9(2,3)14-7(12)11-8(13)15-10(4,5)6;1-7-3-4-8(10(12)13-2)5-9(7)6-11/h1-6H3,(H,11,12,13);3-5H,1-2H3. The highest BCUT2D eigenvalue weighted by Crippen LogP contribution is 2.11. The van der Waals surface area contributed by atoms with Gasteiger partial charge in [-0.3, -0.25) is 0 Å². The second-order valence-electron chi connectivity index (χ2n) is 7.76. The number of imide groups is 1. The third-order valence-corrected chi connectivity index (χ3v) is 2.78. The van der Waals surface area contributed by atoms with Gasteiger partial charge in [-0.2, -0.15) is 5.26 Å². The van der Waals surface area contributed by atoms with Gasteiger partial charge in [0.05, 0.1) is 24.3 Å². The third-order valence-electron chi connectivity index (χ3n) is 2.78. The first kappa shape index (κ1) is 24.9. The van der Waals surface area contributed by atoms with E-state index in [1.165, 1.54) is 13.2 Å². The summed E-state index contributed by atoms with van der Waals surface area (Å²) in [5, 5.41) is 10.7. The minimum absolute atomic E-state index is 0.407. The molecule has 8 nitrogen and oxygen atoms in total. The van der Waals surface area contributed by atoms with Crippen LogP contribution in [0, 0.1) is 18.3 Å². The first-order valence-electron chi connectivity index (χ1n) is 8.50. The number of ether oxygens (including phenoxy) is 3. The van der Waals surface area contributed by atoms with Crippen LogP contribution < -0.4 is 5.32 Å². The summed E-state index contributed by atoms with van der Waals surface area (Å²) in [5.74, 6) is -0.420. The average molecular weight is 392 g/mol. The van der Waals surface area contributed by atoms with Crippen LogP contribution in [-0.4, -0.2) is 36.5 Å². The van der Waals surface area contributed by atoms with Crippen LogP contribution in [0.1, 0.15) is 63.0 Å². The lowest BCUT2D eigenvalue weighted by Gasteiger charge is -2.21. The van der Waals surface area contributed by atoms with Crippen molar-refractivity contribution in [2.45, 2.75) is 59.7 Å². The number of hydrogen-bond acceptors (Lipinski definition) is 7. The summed E-state index contributed by atoms with van der Waals surface area (Å²) >= 11 is 0. The van der Waals surface area contributed by atoms with Crippen LogP contribution in [0.2, 0.25) is 0 Å². The molecule has 0 saturated carbocycles. The van der Waals surface area contributed by atoms with E-state index in [2.05, 4.69) is 4.74 Å². The number of methoxy groups -OCH3 is 1. The maximum atomic E-state index is 11.1. The third kappa shape index (κ3) is 10.8. The molecule has 8 heteroatoms. The molecule has 1 aromatic rings. The average Bonchev–Trinajstić information content (AvgIpc) is 2.51. The molecular formula is C20H28N2O6. The zero-order valence-corrected chi connectivity index (χ0v) is 17.6. The fourth-order valence-corrected chi connectivity index (χ4v) is 1.68. The summed E-state index contributed by atoms with van der Waals surface area (Å²) in [7, 11) is 1.31. The van der Waals surface area contributed by atoms with Crippen LogP contribution in [0.25, 0.3) is 0 Å². The topological polar surface area (TPSA) is 115 Å². The lowest BCUT2D eigenvalue weighted by Crippen LogP contribution is -2.39. The Morgan fingerprint density at radius 1 is 0.964 bits per heavy atom. The van der Waals surface area contributed by atoms with Crippen molar-refractivity contribution in [3.63, 3.8) is 0 Å². The van der Waals surface area contributed by atoms with Crippen molar-refractivity contribution in [2.75, 3.05) is 7.11 Å². The number of aryl methyl sites for hydroxylation is 1. The first-order chi connectivity index (χ1) is 12.7. The smallest absolute Gasteiger partial charge is 0.417 e. The van der Waals surface area contributed by atoms with Gasteiger partial charge in [-0.25, -0.2) is 19.7 Å². The lowest BCUT2D eigenvalue weighted by atomic mass is 10.1. The van der Waals surface area contributed by atoms with Crippen molar-refractivity contribution < 1.29 is 28.6 Å². The Morgan fingerprint density at radius 3 is 1.79 bits per heavy atom. The van der Waals surface area contributed by atoms with Crippen molar-refractivity contribution in [3.8, 4) is 6.07 Å². The van der Waals surface area contributed by atoms with Gasteiger partial charge in [-0.1, -0.05) is 6.07 Å². The molecule has 0 heterocycles. The van der Waals surface area contributed by atoms with Crippen LogP contribution in [0.15, 0.2) is 18.2 Å². The van der Waals surface area contributed by atoms with E-state index in [-0.39, 0.29) is 0 Å². The SMILES string of the molecule is CC(C)(C)OC(=O)NC(=O)OC(C)(C)C.COC(=O)c1ccc(C)c(C#N)c1. The van der Waals surface area contributed by atoms with Crippen LogP contribution in [0.5, 0.6) is 0 Å². The molecule has 0 aliphatic carbocycles. The van der Waals surface area contributed by atoms with Crippen LogP contribution in [0.3, 0.4) is 0 Å².